The van der Waals surface area contributed by atoms with Crippen molar-refractivity contribution in [1.29, 1.82) is 5.26 Å². The molecule has 4 rings (SSSR count). The molecule has 1 saturated heterocycles. The number of nitrogens with zero attached hydrogens (tertiary/aromatic N) is 5. The van der Waals surface area contributed by atoms with Gasteiger partial charge in [0.25, 0.3) is 0 Å². The fourth-order valence-corrected chi connectivity index (χ4v) is 3.02. The number of fused-ring (bicyclic) bond motifs is 1. The monoisotopic (exact) mass is 321 g/mol. The molecule has 3 aromatic rings. The first-order chi connectivity index (χ1) is 11.7. The molecule has 7 heteroatoms. The summed E-state index contributed by atoms with van der Waals surface area (Å²) in [5.74, 6) is -1.37. The van der Waals surface area contributed by atoms with Crippen molar-refractivity contribution in [3.05, 3.63) is 48.8 Å². The minimum Gasteiger partial charge on any atom is -0.309 e. The van der Waals surface area contributed by atoms with Gasteiger partial charge in [-0.15, -0.1) is 0 Å². The molecule has 0 bridgehead atoms. The summed E-state index contributed by atoms with van der Waals surface area (Å²) < 4.78 is 15.5. The van der Waals surface area contributed by atoms with Gasteiger partial charge < -0.3 is 4.90 Å². The molecule has 3 aromatic heterocycles. The minimum atomic E-state index is -0.608. The topological polar surface area (TPSA) is 74.3 Å². The molecule has 118 valence electrons. The van der Waals surface area contributed by atoms with Gasteiger partial charge in [-0.25, -0.2) is 9.50 Å². The molecule has 0 radical (unpaired) electrons. The van der Waals surface area contributed by atoms with Gasteiger partial charge in [0, 0.05) is 36.3 Å². The number of halogens is 1. The van der Waals surface area contributed by atoms with Crippen LogP contribution in [0.1, 0.15) is 6.42 Å². The summed E-state index contributed by atoms with van der Waals surface area (Å²) in [6, 6.07) is 8.84. The van der Waals surface area contributed by atoms with Crippen molar-refractivity contribution >= 4 is 17.1 Å². The number of carbonyl (C=O) groups is 1. The summed E-state index contributed by atoms with van der Waals surface area (Å²) in [6.45, 7) is 0.485. The van der Waals surface area contributed by atoms with Gasteiger partial charge in [-0.3, -0.25) is 4.79 Å². The smallest absolute Gasteiger partial charge is 0.244 e. The van der Waals surface area contributed by atoms with E-state index in [1.165, 1.54) is 6.20 Å². The number of nitriles is 1. The van der Waals surface area contributed by atoms with Crippen LogP contribution < -0.4 is 4.90 Å². The van der Waals surface area contributed by atoms with Crippen LogP contribution in [0.15, 0.2) is 42.9 Å². The van der Waals surface area contributed by atoms with Crippen molar-refractivity contribution < 1.29 is 9.18 Å². The summed E-state index contributed by atoms with van der Waals surface area (Å²) >= 11 is 0. The van der Waals surface area contributed by atoms with Crippen molar-refractivity contribution in [2.75, 3.05) is 11.4 Å². The van der Waals surface area contributed by atoms with Gasteiger partial charge >= 0.3 is 0 Å². The molecule has 4 heterocycles. The van der Waals surface area contributed by atoms with Gasteiger partial charge in [0.05, 0.1) is 17.3 Å². The normalized spacial score (nSPS) is 17.4. The average molecular weight is 321 g/mol. The molecular formula is C17H12FN5O. The Balaban J connectivity index is 1.83. The Labute approximate surface area is 136 Å². The van der Waals surface area contributed by atoms with Gasteiger partial charge in [-0.2, -0.15) is 14.8 Å². The minimum absolute atomic E-state index is 0.207. The third-order valence-corrected chi connectivity index (χ3v) is 4.21. The van der Waals surface area contributed by atoms with E-state index in [0.29, 0.717) is 35.3 Å². The second kappa shape index (κ2) is 5.42. The van der Waals surface area contributed by atoms with Crippen molar-refractivity contribution in [1.82, 2.24) is 14.6 Å². The van der Waals surface area contributed by atoms with E-state index in [2.05, 4.69) is 10.1 Å². The van der Waals surface area contributed by atoms with Gasteiger partial charge in [0.1, 0.15) is 5.92 Å². The van der Waals surface area contributed by atoms with Gasteiger partial charge in [0.2, 0.25) is 11.9 Å². The lowest BCUT2D eigenvalue weighted by Crippen LogP contribution is -2.27. The number of aromatic nitrogens is 3. The lowest BCUT2D eigenvalue weighted by atomic mass is 10.1. The summed E-state index contributed by atoms with van der Waals surface area (Å²) in [6.07, 6.45) is 5.18. The van der Waals surface area contributed by atoms with Crippen LogP contribution in [0.2, 0.25) is 0 Å². The second-order valence-corrected chi connectivity index (χ2v) is 5.58. The average Bonchev–Trinajstić information content (AvgIpc) is 3.18. The van der Waals surface area contributed by atoms with E-state index in [4.69, 9.17) is 5.26 Å². The fourth-order valence-electron chi connectivity index (χ4n) is 3.02. The Hall–Kier alpha value is -3.27. The van der Waals surface area contributed by atoms with Gasteiger partial charge in [0.15, 0.2) is 0 Å². The highest BCUT2D eigenvalue weighted by molar-refractivity contribution is 6.02. The third kappa shape index (κ3) is 2.12. The molecule has 0 aliphatic carbocycles. The fraction of sp³-hybridized carbons (Fsp3) is 0.176. The molecule has 6 nitrogen and oxygen atoms in total. The highest BCUT2D eigenvalue weighted by Crippen LogP contribution is 2.32. The third-order valence-electron chi connectivity index (χ3n) is 4.21. The summed E-state index contributed by atoms with van der Waals surface area (Å²) in [4.78, 5) is 17.6. The zero-order valence-corrected chi connectivity index (χ0v) is 12.6. The first-order valence-electron chi connectivity index (χ1n) is 7.48. The van der Waals surface area contributed by atoms with Crippen LogP contribution in [0.25, 0.3) is 16.6 Å². The zero-order chi connectivity index (χ0) is 16.7. The van der Waals surface area contributed by atoms with E-state index in [1.807, 2.05) is 6.07 Å². The van der Waals surface area contributed by atoms with Crippen LogP contribution in [0.4, 0.5) is 10.1 Å². The van der Waals surface area contributed by atoms with E-state index in [1.54, 1.807) is 46.1 Å². The highest BCUT2D eigenvalue weighted by Gasteiger charge is 2.33. The zero-order valence-electron chi connectivity index (χ0n) is 12.6. The molecule has 1 aliphatic heterocycles. The molecule has 1 unspecified atom stereocenters. The van der Waals surface area contributed by atoms with Crippen LogP contribution in [0, 0.1) is 23.2 Å². The molecule has 24 heavy (non-hydrogen) atoms. The predicted molar refractivity (Wildman–Crippen MR) is 84.5 cm³/mol. The molecule has 0 N–H and O–H groups in total. The maximum absolute atomic E-state index is 13.9. The standard InChI is InChI=1S/C17H12FN5O/c18-16-13(2-1-5-20-16)12-8-15-14(3-6-21-23(15)10-12)22-7-4-11(9-19)17(22)24/h1-3,5-6,8,10-11H,4,7H2. The SMILES string of the molecule is N#CC1CCN(c2ccnn3cc(-c4cccnc4F)cc23)C1=O. The summed E-state index contributed by atoms with van der Waals surface area (Å²) in [5, 5.41) is 13.3. The Kier molecular flexibility index (Phi) is 3.24. The van der Waals surface area contributed by atoms with E-state index in [-0.39, 0.29) is 5.91 Å². The number of anilines is 1. The Morgan fingerprint density at radius 1 is 1.33 bits per heavy atom. The maximum Gasteiger partial charge on any atom is 0.244 e. The molecule has 1 aliphatic rings. The lowest BCUT2D eigenvalue weighted by molar-refractivity contribution is -0.118. The number of amides is 1. The molecule has 0 aromatic carbocycles. The maximum atomic E-state index is 13.9. The molecular weight excluding hydrogens is 309 g/mol. The van der Waals surface area contributed by atoms with Crippen LogP contribution in [-0.2, 0) is 4.79 Å². The number of hydrogen-bond donors (Lipinski definition) is 0. The number of pyridine rings is 1. The van der Waals surface area contributed by atoms with Crippen LogP contribution in [-0.4, -0.2) is 27.0 Å². The van der Waals surface area contributed by atoms with Gasteiger partial charge in [-0.05, 0) is 30.7 Å². The van der Waals surface area contributed by atoms with Gasteiger partial charge in [-0.1, -0.05) is 0 Å². The van der Waals surface area contributed by atoms with E-state index in [0.717, 1.165) is 0 Å². The number of rotatable bonds is 2. The van der Waals surface area contributed by atoms with Crippen molar-refractivity contribution in [3.63, 3.8) is 0 Å². The largest absolute Gasteiger partial charge is 0.309 e. The second-order valence-electron chi connectivity index (χ2n) is 5.58. The first-order valence-corrected chi connectivity index (χ1v) is 7.48. The van der Waals surface area contributed by atoms with E-state index < -0.39 is 11.9 Å². The van der Waals surface area contributed by atoms with Crippen molar-refractivity contribution in [3.8, 4) is 17.2 Å². The van der Waals surface area contributed by atoms with Crippen LogP contribution in [0.5, 0.6) is 0 Å². The highest BCUT2D eigenvalue weighted by atomic mass is 19.1. The Bertz CT molecular complexity index is 990. The molecule has 0 saturated carbocycles. The summed E-state index contributed by atoms with van der Waals surface area (Å²) in [7, 11) is 0. The van der Waals surface area contributed by atoms with Crippen molar-refractivity contribution in [2.45, 2.75) is 6.42 Å². The Morgan fingerprint density at radius 2 is 2.21 bits per heavy atom. The lowest BCUT2D eigenvalue weighted by Gasteiger charge is -2.16. The van der Waals surface area contributed by atoms with E-state index >= 15 is 0 Å². The van der Waals surface area contributed by atoms with Crippen LogP contribution >= 0.6 is 0 Å². The number of carbonyl (C=O) groups excluding carboxylic acids is 1. The predicted octanol–water partition coefficient (Wildman–Crippen LogP) is 2.41. The molecule has 1 fully saturated rings. The molecule has 1 atom stereocenters. The Morgan fingerprint density at radius 3 is 2.96 bits per heavy atom. The molecule has 0 spiro atoms. The first kappa shape index (κ1) is 14.3. The molecule has 1 amide bonds. The quantitative estimate of drug-likeness (QED) is 0.679. The van der Waals surface area contributed by atoms with E-state index in [9.17, 15) is 9.18 Å². The number of hydrogen-bond acceptors (Lipinski definition) is 4. The van der Waals surface area contributed by atoms with Crippen molar-refractivity contribution in [2.24, 2.45) is 5.92 Å². The summed E-state index contributed by atoms with van der Waals surface area (Å²) in [5.41, 5.74) is 2.35. The van der Waals surface area contributed by atoms with Crippen LogP contribution in [0.3, 0.4) is 0 Å².